The SMILES string of the molecule is COc1ccc(C(=O)OCC[N+](C)(C)Cc2ccccc2)cc1. The molecule has 2 rings (SSSR count). The lowest BCUT2D eigenvalue weighted by Gasteiger charge is -2.29. The molecule has 2 aromatic rings. The van der Waals surface area contributed by atoms with Crippen molar-refractivity contribution < 1.29 is 18.8 Å². The number of hydrogen-bond donors (Lipinski definition) is 0. The van der Waals surface area contributed by atoms with Crippen molar-refractivity contribution in [2.45, 2.75) is 6.54 Å². The van der Waals surface area contributed by atoms with Crippen molar-refractivity contribution in [3.63, 3.8) is 0 Å². The number of methoxy groups -OCH3 is 1. The summed E-state index contributed by atoms with van der Waals surface area (Å²) in [6.45, 7) is 2.06. The predicted octanol–water partition coefficient (Wildman–Crippen LogP) is 3.13. The number of carbonyl (C=O) groups excluding carboxylic acids is 1. The fraction of sp³-hybridized carbons (Fsp3) is 0.316. The largest absolute Gasteiger partial charge is 0.497 e. The van der Waals surface area contributed by atoms with Gasteiger partial charge in [-0.25, -0.2) is 4.79 Å². The number of rotatable bonds is 7. The maximum atomic E-state index is 12.0. The molecule has 2 aromatic carbocycles. The Labute approximate surface area is 137 Å². The number of esters is 1. The molecule has 0 saturated carbocycles. The highest BCUT2D eigenvalue weighted by Gasteiger charge is 2.17. The first-order chi connectivity index (χ1) is 11.0. The molecule has 0 aromatic heterocycles. The summed E-state index contributed by atoms with van der Waals surface area (Å²) in [6.07, 6.45) is 0. The van der Waals surface area contributed by atoms with Gasteiger partial charge in [0.15, 0.2) is 0 Å². The lowest BCUT2D eigenvalue weighted by Crippen LogP contribution is -2.41. The van der Waals surface area contributed by atoms with Gasteiger partial charge in [0, 0.05) is 5.56 Å². The number of ether oxygens (including phenoxy) is 2. The number of quaternary nitrogens is 1. The van der Waals surface area contributed by atoms with Crippen LogP contribution in [0.4, 0.5) is 0 Å². The molecule has 0 N–H and O–H groups in total. The number of likely N-dealkylation sites (N-methyl/N-ethyl adjacent to an activating group) is 1. The van der Waals surface area contributed by atoms with Gasteiger partial charge in [-0.2, -0.15) is 0 Å². The van der Waals surface area contributed by atoms with Crippen molar-refractivity contribution >= 4 is 5.97 Å². The van der Waals surface area contributed by atoms with Gasteiger partial charge in [-0.15, -0.1) is 0 Å². The van der Waals surface area contributed by atoms with Crippen molar-refractivity contribution in [3.05, 3.63) is 65.7 Å². The van der Waals surface area contributed by atoms with E-state index in [1.54, 1.807) is 31.4 Å². The zero-order valence-electron chi connectivity index (χ0n) is 14.0. The Morgan fingerprint density at radius 2 is 1.65 bits per heavy atom. The number of hydrogen-bond acceptors (Lipinski definition) is 3. The van der Waals surface area contributed by atoms with Gasteiger partial charge in [0.2, 0.25) is 0 Å². The second kappa shape index (κ2) is 7.79. The molecule has 4 heteroatoms. The molecule has 0 saturated heterocycles. The van der Waals surface area contributed by atoms with E-state index in [0.717, 1.165) is 23.3 Å². The molecule has 0 bridgehead atoms. The third-order valence-corrected chi connectivity index (χ3v) is 3.71. The van der Waals surface area contributed by atoms with Crippen molar-refractivity contribution in [2.24, 2.45) is 0 Å². The Morgan fingerprint density at radius 3 is 2.26 bits per heavy atom. The zero-order chi connectivity index (χ0) is 16.7. The van der Waals surface area contributed by atoms with Crippen molar-refractivity contribution in [2.75, 3.05) is 34.4 Å². The van der Waals surface area contributed by atoms with Gasteiger partial charge >= 0.3 is 5.97 Å². The summed E-state index contributed by atoms with van der Waals surface area (Å²) >= 11 is 0. The maximum Gasteiger partial charge on any atom is 0.338 e. The van der Waals surface area contributed by atoms with E-state index in [4.69, 9.17) is 9.47 Å². The average molecular weight is 314 g/mol. The minimum atomic E-state index is -0.299. The molecular formula is C19H24NO3+. The first-order valence-corrected chi connectivity index (χ1v) is 7.67. The highest BCUT2D eigenvalue weighted by Crippen LogP contribution is 2.13. The molecule has 0 aliphatic heterocycles. The topological polar surface area (TPSA) is 35.5 Å². The van der Waals surface area contributed by atoms with E-state index < -0.39 is 0 Å². The molecule has 0 aliphatic carbocycles. The Morgan fingerprint density at radius 1 is 1.00 bits per heavy atom. The average Bonchev–Trinajstić information content (AvgIpc) is 2.55. The molecule has 0 unspecified atom stereocenters. The van der Waals surface area contributed by atoms with Gasteiger partial charge in [0.05, 0.1) is 26.8 Å². The fourth-order valence-electron chi connectivity index (χ4n) is 2.35. The Bertz CT molecular complexity index is 621. The number of benzene rings is 2. The van der Waals surface area contributed by atoms with Gasteiger partial charge in [-0.05, 0) is 24.3 Å². The molecule has 0 atom stereocenters. The standard InChI is InChI=1S/C19H24NO3/c1-20(2,15-16-7-5-4-6-8-16)13-14-23-19(21)17-9-11-18(22-3)12-10-17/h4-12H,13-15H2,1-3H3/q+1. The van der Waals surface area contributed by atoms with Crippen LogP contribution in [0.5, 0.6) is 5.75 Å². The first kappa shape index (κ1) is 17.0. The summed E-state index contributed by atoms with van der Waals surface area (Å²) in [5, 5.41) is 0. The summed E-state index contributed by atoms with van der Waals surface area (Å²) in [6, 6.07) is 17.3. The highest BCUT2D eigenvalue weighted by molar-refractivity contribution is 5.89. The van der Waals surface area contributed by atoms with E-state index >= 15 is 0 Å². The summed E-state index contributed by atoms with van der Waals surface area (Å²) in [4.78, 5) is 12.0. The third kappa shape index (κ3) is 5.42. The molecule has 4 nitrogen and oxygen atoms in total. The van der Waals surface area contributed by atoms with Crippen molar-refractivity contribution in [1.29, 1.82) is 0 Å². The van der Waals surface area contributed by atoms with E-state index in [0.29, 0.717) is 12.2 Å². The summed E-state index contributed by atoms with van der Waals surface area (Å²) in [5.41, 5.74) is 1.82. The molecule has 122 valence electrons. The molecule has 0 amide bonds. The van der Waals surface area contributed by atoms with Gasteiger partial charge in [0.25, 0.3) is 0 Å². The van der Waals surface area contributed by atoms with Crippen molar-refractivity contribution in [1.82, 2.24) is 0 Å². The van der Waals surface area contributed by atoms with Crippen LogP contribution < -0.4 is 4.74 Å². The van der Waals surface area contributed by atoms with E-state index in [1.165, 1.54) is 5.56 Å². The third-order valence-electron chi connectivity index (χ3n) is 3.71. The van der Waals surface area contributed by atoms with Crippen LogP contribution >= 0.6 is 0 Å². The molecule has 0 heterocycles. The number of carbonyl (C=O) groups is 1. The Hall–Kier alpha value is -2.33. The second-order valence-electron chi connectivity index (χ2n) is 6.17. The number of nitrogens with zero attached hydrogens (tertiary/aromatic N) is 1. The normalized spacial score (nSPS) is 11.1. The minimum absolute atomic E-state index is 0.299. The summed E-state index contributed by atoms with van der Waals surface area (Å²) in [7, 11) is 5.86. The first-order valence-electron chi connectivity index (χ1n) is 7.67. The van der Waals surface area contributed by atoms with Crippen molar-refractivity contribution in [3.8, 4) is 5.75 Å². The van der Waals surface area contributed by atoms with Crippen LogP contribution in [0.15, 0.2) is 54.6 Å². The van der Waals surface area contributed by atoms with Crippen LogP contribution in [0.2, 0.25) is 0 Å². The predicted molar refractivity (Wildman–Crippen MR) is 90.4 cm³/mol. The minimum Gasteiger partial charge on any atom is -0.497 e. The van der Waals surface area contributed by atoms with Crippen LogP contribution in [0.25, 0.3) is 0 Å². The van der Waals surface area contributed by atoms with E-state index in [2.05, 4.69) is 26.2 Å². The smallest absolute Gasteiger partial charge is 0.338 e. The Kier molecular flexibility index (Phi) is 5.77. The van der Waals surface area contributed by atoms with Crippen LogP contribution in [0.3, 0.4) is 0 Å². The van der Waals surface area contributed by atoms with Gasteiger partial charge in [-0.1, -0.05) is 30.3 Å². The van der Waals surface area contributed by atoms with E-state index in [9.17, 15) is 4.79 Å². The van der Waals surface area contributed by atoms with E-state index in [-0.39, 0.29) is 5.97 Å². The zero-order valence-corrected chi connectivity index (χ0v) is 14.0. The maximum absolute atomic E-state index is 12.0. The lowest BCUT2D eigenvalue weighted by atomic mass is 10.2. The molecule has 0 fully saturated rings. The van der Waals surface area contributed by atoms with Crippen LogP contribution in [-0.4, -0.2) is 44.8 Å². The molecule has 0 spiro atoms. The highest BCUT2D eigenvalue weighted by atomic mass is 16.5. The lowest BCUT2D eigenvalue weighted by molar-refractivity contribution is -0.903. The second-order valence-corrected chi connectivity index (χ2v) is 6.17. The monoisotopic (exact) mass is 314 g/mol. The Balaban J connectivity index is 1.82. The molecular weight excluding hydrogens is 290 g/mol. The summed E-state index contributed by atoms with van der Waals surface area (Å²) in [5.74, 6) is 0.426. The van der Waals surface area contributed by atoms with Gasteiger partial charge < -0.3 is 14.0 Å². The van der Waals surface area contributed by atoms with Crippen LogP contribution in [-0.2, 0) is 11.3 Å². The van der Waals surface area contributed by atoms with Gasteiger partial charge in [-0.3, -0.25) is 0 Å². The van der Waals surface area contributed by atoms with E-state index in [1.807, 2.05) is 18.2 Å². The summed E-state index contributed by atoms with van der Waals surface area (Å²) < 4.78 is 11.2. The van der Waals surface area contributed by atoms with Crippen LogP contribution in [0.1, 0.15) is 15.9 Å². The molecule has 23 heavy (non-hydrogen) atoms. The molecule has 0 radical (unpaired) electrons. The van der Waals surface area contributed by atoms with Crippen LogP contribution in [0, 0.1) is 0 Å². The van der Waals surface area contributed by atoms with Gasteiger partial charge in [0.1, 0.15) is 25.4 Å². The molecule has 0 aliphatic rings. The fourth-order valence-corrected chi connectivity index (χ4v) is 2.35. The quantitative estimate of drug-likeness (QED) is 0.582.